The van der Waals surface area contributed by atoms with Crippen molar-refractivity contribution < 1.29 is 4.79 Å². The topological polar surface area (TPSA) is 74.6 Å². The number of hydrogen-bond acceptors (Lipinski definition) is 5. The van der Waals surface area contributed by atoms with Gasteiger partial charge in [-0.15, -0.1) is 0 Å². The van der Waals surface area contributed by atoms with Crippen LogP contribution in [0.5, 0.6) is 0 Å². The minimum Gasteiger partial charge on any atom is -0.369 e. The monoisotopic (exact) mass is 262 g/mol. The van der Waals surface area contributed by atoms with Gasteiger partial charge in [0.2, 0.25) is 5.91 Å². The minimum atomic E-state index is -0.0136. The molecule has 2 heterocycles. The smallest absolute Gasteiger partial charge is 0.241 e. The molecule has 0 saturated heterocycles. The largest absolute Gasteiger partial charge is 0.369 e. The van der Waals surface area contributed by atoms with Gasteiger partial charge in [0.1, 0.15) is 5.82 Å². The second kappa shape index (κ2) is 5.55. The number of rotatable bonds is 5. The molecule has 2 N–H and O–H groups in total. The molecule has 2 aromatic heterocycles. The predicted molar refractivity (Wildman–Crippen MR) is 74.3 cm³/mol. The lowest BCUT2D eigenvalue weighted by atomic mass is 10.5. The summed E-state index contributed by atoms with van der Waals surface area (Å²) in [6, 6.07) is 0. The Balaban J connectivity index is 2.24. The summed E-state index contributed by atoms with van der Waals surface area (Å²) in [5.74, 6) is 1.33. The molecule has 102 valence electrons. The van der Waals surface area contributed by atoms with Crippen molar-refractivity contribution in [1.29, 1.82) is 0 Å². The molecule has 0 aliphatic heterocycles. The van der Waals surface area contributed by atoms with Gasteiger partial charge in [-0.05, 0) is 6.92 Å². The summed E-state index contributed by atoms with van der Waals surface area (Å²) >= 11 is 0. The first-order chi connectivity index (χ1) is 9.11. The van der Waals surface area contributed by atoms with Crippen LogP contribution in [-0.2, 0) is 4.79 Å². The Kier molecular flexibility index (Phi) is 3.84. The van der Waals surface area contributed by atoms with Crippen molar-refractivity contribution in [3.63, 3.8) is 0 Å². The zero-order chi connectivity index (χ0) is 13.8. The van der Waals surface area contributed by atoms with Crippen molar-refractivity contribution in [1.82, 2.24) is 19.3 Å². The van der Waals surface area contributed by atoms with Crippen molar-refractivity contribution in [2.45, 2.75) is 6.92 Å². The molecule has 2 rings (SSSR count). The highest BCUT2D eigenvalue weighted by Crippen LogP contribution is 2.15. The van der Waals surface area contributed by atoms with Crippen molar-refractivity contribution in [2.24, 2.45) is 0 Å². The number of carbonyl (C=O) groups excluding carboxylic acids is 1. The molecule has 0 spiro atoms. The fourth-order valence-corrected chi connectivity index (χ4v) is 1.63. The van der Waals surface area contributed by atoms with E-state index in [4.69, 9.17) is 0 Å². The maximum absolute atomic E-state index is 11.6. The fraction of sp³-hybridized carbons (Fsp3) is 0.417. The van der Waals surface area contributed by atoms with E-state index in [0.717, 1.165) is 12.4 Å². The Morgan fingerprint density at radius 3 is 2.89 bits per heavy atom. The Morgan fingerprint density at radius 1 is 1.42 bits per heavy atom. The van der Waals surface area contributed by atoms with E-state index >= 15 is 0 Å². The van der Waals surface area contributed by atoms with Crippen molar-refractivity contribution in [2.75, 3.05) is 37.8 Å². The van der Waals surface area contributed by atoms with E-state index in [9.17, 15) is 4.79 Å². The predicted octanol–water partition coefficient (Wildman–Crippen LogP) is 0.661. The number of fused-ring (bicyclic) bond motifs is 1. The van der Waals surface area contributed by atoms with E-state index in [1.54, 1.807) is 20.3 Å². The minimum absolute atomic E-state index is 0.0136. The van der Waals surface area contributed by atoms with E-state index in [1.165, 1.54) is 4.90 Å². The van der Waals surface area contributed by atoms with Crippen LogP contribution < -0.4 is 10.6 Å². The zero-order valence-corrected chi connectivity index (χ0v) is 11.3. The molecule has 0 aliphatic rings. The average Bonchev–Trinajstić information content (AvgIpc) is 2.84. The highest BCUT2D eigenvalue weighted by molar-refractivity contribution is 5.81. The van der Waals surface area contributed by atoms with Crippen molar-refractivity contribution >= 4 is 23.2 Å². The molecule has 7 heteroatoms. The number of likely N-dealkylation sites (N-methyl/N-ethyl adjacent to an activating group) is 1. The molecule has 1 amide bonds. The summed E-state index contributed by atoms with van der Waals surface area (Å²) in [5, 5.41) is 6.17. The molecule has 0 unspecified atom stereocenters. The molecule has 0 aliphatic carbocycles. The van der Waals surface area contributed by atoms with Crippen molar-refractivity contribution in [3.8, 4) is 0 Å². The van der Waals surface area contributed by atoms with Crippen LogP contribution in [0.3, 0.4) is 0 Å². The summed E-state index contributed by atoms with van der Waals surface area (Å²) in [7, 11) is 3.44. The Labute approximate surface area is 111 Å². The third-order valence-corrected chi connectivity index (χ3v) is 2.64. The number of anilines is 2. The molecule has 7 nitrogen and oxygen atoms in total. The highest BCUT2D eigenvalue weighted by Gasteiger charge is 2.09. The first-order valence-corrected chi connectivity index (χ1v) is 6.13. The fourth-order valence-electron chi connectivity index (χ4n) is 1.63. The number of carbonyl (C=O) groups is 1. The van der Waals surface area contributed by atoms with Crippen LogP contribution in [0.25, 0.3) is 5.65 Å². The number of hydrogen-bond donors (Lipinski definition) is 2. The Morgan fingerprint density at radius 2 is 2.21 bits per heavy atom. The molecule has 2 aromatic rings. The van der Waals surface area contributed by atoms with Crippen LogP contribution >= 0.6 is 0 Å². The number of imidazole rings is 1. The molecule has 0 aromatic carbocycles. The summed E-state index contributed by atoms with van der Waals surface area (Å²) in [6.45, 7) is 2.98. The van der Waals surface area contributed by atoms with Gasteiger partial charge in [-0.2, -0.15) is 0 Å². The SMILES string of the molecule is CCNc1cn2ccnc2c(NCC(=O)N(C)C)n1. The van der Waals surface area contributed by atoms with E-state index in [0.29, 0.717) is 11.5 Å². The van der Waals surface area contributed by atoms with Crippen LogP contribution in [0, 0.1) is 0 Å². The summed E-state index contributed by atoms with van der Waals surface area (Å²) < 4.78 is 1.87. The molecule has 0 radical (unpaired) electrons. The summed E-state index contributed by atoms with van der Waals surface area (Å²) in [5.41, 5.74) is 0.702. The van der Waals surface area contributed by atoms with Gasteiger partial charge < -0.3 is 19.9 Å². The highest BCUT2D eigenvalue weighted by atomic mass is 16.2. The van der Waals surface area contributed by atoms with Gasteiger partial charge in [0.25, 0.3) is 0 Å². The van der Waals surface area contributed by atoms with E-state index < -0.39 is 0 Å². The number of nitrogens with one attached hydrogen (secondary N) is 2. The van der Waals surface area contributed by atoms with Gasteiger partial charge in [0, 0.05) is 33.0 Å². The van der Waals surface area contributed by atoms with Gasteiger partial charge >= 0.3 is 0 Å². The Bertz CT molecular complexity index is 577. The lowest BCUT2D eigenvalue weighted by molar-refractivity contribution is -0.126. The molecule has 0 saturated carbocycles. The first kappa shape index (κ1) is 13.1. The summed E-state index contributed by atoms with van der Waals surface area (Å²) in [4.78, 5) is 21.8. The van der Waals surface area contributed by atoms with E-state index in [1.807, 2.05) is 23.7 Å². The third kappa shape index (κ3) is 2.93. The second-order valence-electron chi connectivity index (χ2n) is 4.30. The van der Waals surface area contributed by atoms with E-state index in [-0.39, 0.29) is 12.5 Å². The standard InChI is InChI=1S/C12H18N6O/c1-4-13-9-8-18-6-5-14-12(18)11(16-9)15-7-10(19)17(2)3/h5-6,8,13H,4,7H2,1-3H3,(H,15,16). The van der Waals surface area contributed by atoms with Gasteiger partial charge in [-0.25, -0.2) is 9.97 Å². The van der Waals surface area contributed by atoms with Crippen LogP contribution in [0.4, 0.5) is 11.6 Å². The van der Waals surface area contributed by atoms with Crippen molar-refractivity contribution in [3.05, 3.63) is 18.6 Å². The maximum atomic E-state index is 11.6. The van der Waals surface area contributed by atoms with Gasteiger partial charge in [0.05, 0.1) is 12.7 Å². The van der Waals surface area contributed by atoms with E-state index in [2.05, 4.69) is 20.6 Å². The quantitative estimate of drug-likeness (QED) is 0.828. The average molecular weight is 262 g/mol. The molecule has 19 heavy (non-hydrogen) atoms. The lowest BCUT2D eigenvalue weighted by Gasteiger charge is -2.13. The van der Waals surface area contributed by atoms with Crippen LogP contribution in [-0.4, -0.2) is 52.4 Å². The second-order valence-corrected chi connectivity index (χ2v) is 4.30. The van der Waals surface area contributed by atoms with Crippen LogP contribution in [0.1, 0.15) is 6.92 Å². The van der Waals surface area contributed by atoms with Gasteiger partial charge in [-0.1, -0.05) is 0 Å². The normalized spacial score (nSPS) is 10.5. The van der Waals surface area contributed by atoms with Crippen LogP contribution in [0.15, 0.2) is 18.6 Å². The lowest BCUT2D eigenvalue weighted by Crippen LogP contribution is -2.29. The van der Waals surface area contributed by atoms with Crippen LogP contribution in [0.2, 0.25) is 0 Å². The first-order valence-electron chi connectivity index (χ1n) is 6.13. The zero-order valence-electron chi connectivity index (χ0n) is 11.3. The molecule has 0 atom stereocenters. The Hall–Kier alpha value is -2.31. The van der Waals surface area contributed by atoms with Gasteiger partial charge in [0.15, 0.2) is 11.5 Å². The number of nitrogens with zero attached hydrogens (tertiary/aromatic N) is 4. The van der Waals surface area contributed by atoms with Gasteiger partial charge in [-0.3, -0.25) is 4.79 Å². The maximum Gasteiger partial charge on any atom is 0.241 e. The molecule has 0 fully saturated rings. The summed E-state index contributed by atoms with van der Waals surface area (Å²) in [6.07, 6.45) is 5.41. The number of aromatic nitrogens is 3. The third-order valence-electron chi connectivity index (χ3n) is 2.64. The molecular formula is C12H18N6O. The number of amides is 1. The molecular weight excluding hydrogens is 244 g/mol. The molecule has 0 bridgehead atoms.